The zero-order valence-electron chi connectivity index (χ0n) is 9.49. The van der Waals surface area contributed by atoms with Crippen LogP contribution in [0.5, 0.6) is 0 Å². The van der Waals surface area contributed by atoms with E-state index in [0.29, 0.717) is 0 Å². The number of rotatable bonds is 4. The molecule has 0 radical (unpaired) electrons. The molecule has 0 aliphatic heterocycles. The molecule has 0 aromatic rings. The van der Waals surface area contributed by atoms with E-state index < -0.39 is 52.3 Å². The second-order valence-corrected chi connectivity index (χ2v) is 4.77. The van der Waals surface area contributed by atoms with Crippen LogP contribution in [0.25, 0.3) is 0 Å². The highest BCUT2D eigenvalue weighted by atomic mass is 16.4. The Labute approximate surface area is 106 Å². The summed E-state index contributed by atoms with van der Waals surface area (Å²) in [5, 5.41) is 36.3. The smallest absolute Gasteiger partial charge is 0.333 e. The summed E-state index contributed by atoms with van der Waals surface area (Å²) in [5.41, 5.74) is -3.39. The van der Waals surface area contributed by atoms with Crippen LogP contribution in [0.15, 0.2) is 11.1 Å². The fraction of sp³-hybridized carbons (Fsp3) is 0.455. The molecule has 19 heavy (non-hydrogen) atoms. The van der Waals surface area contributed by atoms with Gasteiger partial charge in [0.15, 0.2) is 0 Å². The number of hydrogen-bond donors (Lipinski definition) is 4. The van der Waals surface area contributed by atoms with Gasteiger partial charge in [0, 0.05) is 0 Å². The highest BCUT2D eigenvalue weighted by Gasteiger charge is 2.65. The minimum absolute atomic E-state index is 0.155. The zero-order valence-corrected chi connectivity index (χ0v) is 9.49. The van der Waals surface area contributed by atoms with Gasteiger partial charge in [-0.05, 0) is 18.8 Å². The SMILES string of the molecule is O=C(O)C1=C(C(=O)O)C2(C(=O)O)CC(C2)C1C(=O)O. The maximum atomic E-state index is 11.2. The van der Waals surface area contributed by atoms with Crippen molar-refractivity contribution in [1.29, 1.82) is 0 Å². The molecular formula is C11H10O8. The van der Waals surface area contributed by atoms with Gasteiger partial charge in [0.2, 0.25) is 0 Å². The second-order valence-electron chi connectivity index (χ2n) is 4.77. The van der Waals surface area contributed by atoms with Crippen LogP contribution in [0, 0.1) is 17.3 Å². The van der Waals surface area contributed by atoms with E-state index in [1.807, 2.05) is 0 Å². The summed E-state index contributed by atoms with van der Waals surface area (Å²) in [4.78, 5) is 44.7. The molecule has 3 rings (SSSR count). The van der Waals surface area contributed by atoms with Crippen molar-refractivity contribution in [2.24, 2.45) is 17.3 Å². The molecule has 4 N–H and O–H groups in total. The first-order valence-corrected chi connectivity index (χ1v) is 5.40. The van der Waals surface area contributed by atoms with Crippen LogP contribution < -0.4 is 0 Å². The van der Waals surface area contributed by atoms with Crippen molar-refractivity contribution in [2.45, 2.75) is 12.8 Å². The predicted octanol–water partition coefficient (Wildman–Crippen LogP) is -0.352. The normalized spacial score (nSPS) is 32.4. The monoisotopic (exact) mass is 270 g/mol. The number of fused-ring (bicyclic) bond motifs is 1. The molecule has 1 fully saturated rings. The van der Waals surface area contributed by atoms with E-state index in [4.69, 9.17) is 20.4 Å². The molecule has 0 aromatic heterocycles. The molecule has 0 amide bonds. The van der Waals surface area contributed by atoms with Gasteiger partial charge in [-0.1, -0.05) is 0 Å². The number of carboxylic acid groups (broad SMARTS) is 4. The lowest BCUT2D eigenvalue weighted by atomic mass is 9.48. The highest BCUT2D eigenvalue weighted by Crippen LogP contribution is 2.60. The first kappa shape index (κ1) is 13.1. The zero-order chi connectivity index (χ0) is 14.5. The minimum atomic E-state index is -1.77. The van der Waals surface area contributed by atoms with Gasteiger partial charge < -0.3 is 20.4 Å². The first-order chi connectivity index (χ1) is 8.72. The summed E-state index contributed by atoms with van der Waals surface area (Å²) in [7, 11) is 0. The van der Waals surface area contributed by atoms with E-state index in [1.165, 1.54) is 0 Å². The van der Waals surface area contributed by atoms with Crippen molar-refractivity contribution < 1.29 is 39.6 Å². The van der Waals surface area contributed by atoms with Gasteiger partial charge >= 0.3 is 23.9 Å². The maximum absolute atomic E-state index is 11.2. The average Bonchev–Trinajstić information content (AvgIpc) is 2.24. The van der Waals surface area contributed by atoms with Crippen molar-refractivity contribution in [3.63, 3.8) is 0 Å². The van der Waals surface area contributed by atoms with Crippen molar-refractivity contribution in [1.82, 2.24) is 0 Å². The summed E-state index contributed by atoms with van der Waals surface area (Å²) in [6.45, 7) is 0. The van der Waals surface area contributed by atoms with Gasteiger partial charge in [-0.25, -0.2) is 9.59 Å². The maximum Gasteiger partial charge on any atom is 0.333 e. The van der Waals surface area contributed by atoms with Crippen LogP contribution in [0.4, 0.5) is 0 Å². The molecule has 0 saturated heterocycles. The molecule has 8 nitrogen and oxygen atoms in total. The van der Waals surface area contributed by atoms with E-state index in [-0.39, 0.29) is 12.8 Å². The molecule has 102 valence electrons. The lowest BCUT2D eigenvalue weighted by Crippen LogP contribution is -2.56. The molecule has 8 heteroatoms. The van der Waals surface area contributed by atoms with E-state index in [9.17, 15) is 19.2 Å². The van der Waals surface area contributed by atoms with Crippen molar-refractivity contribution in [3.8, 4) is 0 Å². The van der Waals surface area contributed by atoms with Gasteiger partial charge in [0.25, 0.3) is 0 Å². The largest absolute Gasteiger partial charge is 0.481 e. The lowest BCUT2D eigenvalue weighted by molar-refractivity contribution is -0.167. The second kappa shape index (κ2) is 3.81. The Morgan fingerprint density at radius 3 is 1.79 bits per heavy atom. The molecule has 0 aromatic carbocycles. The third-order valence-electron chi connectivity index (χ3n) is 3.87. The number of carboxylic acids is 4. The van der Waals surface area contributed by atoms with Crippen LogP contribution in [-0.4, -0.2) is 44.3 Å². The minimum Gasteiger partial charge on any atom is -0.481 e. The van der Waals surface area contributed by atoms with Gasteiger partial charge in [-0.3, -0.25) is 9.59 Å². The van der Waals surface area contributed by atoms with Gasteiger partial charge in [0.1, 0.15) is 5.41 Å². The summed E-state index contributed by atoms with van der Waals surface area (Å²) in [6, 6.07) is 0. The molecule has 3 aliphatic rings. The molecule has 3 aliphatic carbocycles. The Balaban J connectivity index is 2.71. The van der Waals surface area contributed by atoms with Crippen molar-refractivity contribution >= 4 is 23.9 Å². The van der Waals surface area contributed by atoms with E-state index in [2.05, 4.69) is 0 Å². The third-order valence-corrected chi connectivity index (χ3v) is 3.87. The summed E-state index contributed by atoms with van der Waals surface area (Å²) >= 11 is 0. The molecular weight excluding hydrogens is 260 g/mol. The first-order valence-electron chi connectivity index (χ1n) is 5.40. The Morgan fingerprint density at radius 1 is 0.947 bits per heavy atom. The molecule has 0 spiro atoms. The van der Waals surface area contributed by atoms with Crippen LogP contribution >= 0.6 is 0 Å². The predicted molar refractivity (Wildman–Crippen MR) is 56.2 cm³/mol. The summed E-state index contributed by atoms with van der Waals surface area (Å²) in [6.07, 6.45) is -0.310. The Kier molecular flexibility index (Phi) is 2.62. The quantitative estimate of drug-likeness (QED) is 0.541. The lowest BCUT2D eigenvalue weighted by Gasteiger charge is -2.51. The van der Waals surface area contributed by atoms with Crippen molar-refractivity contribution in [3.05, 3.63) is 11.1 Å². The van der Waals surface area contributed by atoms with Crippen LogP contribution in [0.2, 0.25) is 0 Å². The topological polar surface area (TPSA) is 149 Å². The summed E-state index contributed by atoms with van der Waals surface area (Å²) in [5.74, 6) is -8.37. The van der Waals surface area contributed by atoms with Gasteiger partial charge in [-0.15, -0.1) is 0 Å². The van der Waals surface area contributed by atoms with Crippen molar-refractivity contribution in [2.75, 3.05) is 0 Å². The van der Waals surface area contributed by atoms with E-state index in [1.54, 1.807) is 0 Å². The fourth-order valence-electron chi connectivity index (χ4n) is 3.09. The molecule has 2 bridgehead atoms. The average molecular weight is 270 g/mol. The third kappa shape index (κ3) is 1.52. The Hall–Kier alpha value is -2.38. The van der Waals surface area contributed by atoms with E-state index in [0.717, 1.165) is 0 Å². The molecule has 1 saturated carbocycles. The number of carbonyl (C=O) groups is 4. The van der Waals surface area contributed by atoms with Gasteiger partial charge in [0.05, 0.1) is 17.1 Å². The van der Waals surface area contributed by atoms with Crippen LogP contribution in [-0.2, 0) is 19.2 Å². The van der Waals surface area contributed by atoms with E-state index >= 15 is 0 Å². The summed E-state index contributed by atoms with van der Waals surface area (Å²) < 4.78 is 0. The number of aliphatic carboxylic acids is 4. The standard InChI is InChI=1S/C11H10O8/c12-7(13)4-3-1-11(2-3,10(18)19)6(9(16)17)5(4)8(14)15/h3-4H,1-2H2,(H,12,13)(H,14,15)(H,16,17)(H,18,19). The molecule has 1 unspecified atom stereocenters. The van der Waals surface area contributed by atoms with Crippen LogP contribution in [0.3, 0.4) is 0 Å². The fourth-order valence-corrected chi connectivity index (χ4v) is 3.09. The van der Waals surface area contributed by atoms with Gasteiger partial charge in [-0.2, -0.15) is 0 Å². The van der Waals surface area contributed by atoms with Crippen LogP contribution in [0.1, 0.15) is 12.8 Å². The number of hydrogen-bond acceptors (Lipinski definition) is 4. The molecule has 0 heterocycles. The Morgan fingerprint density at radius 2 is 1.47 bits per heavy atom. The molecule has 1 atom stereocenters. The highest BCUT2D eigenvalue weighted by molar-refractivity contribution is 6.08. The Bertz CT molecular complexity index is 537.